The van der Waals surface area contributed by atoms with Gasteiger partial charge in [-0.25, -0.2) is 9.97 Å². The van der Waals surface area contributed by atoms with Gasteiger partial charge in [0, 0.05) is 12.6 Å². The lowest BCUT2D eigenvalue weighted by molar-refractivity contribution is 0.476. The molecule has 0 radical (unpaired) electrons. The van der Waals surface area contributed by atoms with Gasteiger partial charge in [0.2, 0.25) is 0 Å². The second-order valence-electron chi connectivity index (χ2n) is 3.03. The zero-order valence-electron chi connectivity index (χ0n) is 6.87. The first-order chi connectivity index (χ1) is 5.79. The van der Waals surface area contributed by atoms with Crippen molar-refractivity contribution < 1.29 is 0 Å². The Bertz CT molecular complexity index is 289. The Morgan fingerprint density at radius 2 is 2.50 bits per heavy atom. The van der Waals surface area contributed by atoms with Gasteiger partial charge < -0.3 is 4.90 Å². The van der Waals surface area contributed by atoms with Crippen molar-refractivity contribution in [1.29, 1.82) is 0 Å². The third-order valence-electron chi connectivity index (χ3n) is 2.24. The molecule has 1 aliphatic heterocycles. The van der Waals surface area contributed by atoms with Crippen molar-refractivity contribution in [2.75, 3.05) is 11.4 Å². The van der Waals surface area contributed by atoms with Crippen molar-refractivity contribution in [3.63, 3.8) is 0 Å². The molecule has 1 aromatic heterocycles. The van der Waals surface area contributed by atoms with Gasteiger partial charge in [0.15, 0.2) is 5.82 Å². The van der Waals surface area contributed by atoms with Gasteiger partial charge in [0.05, 0.1) is 6.20 Å². The molecule has 1 atom stereocenters. The van der Waals surface area contributed by atoms with E-state index >= 15 is 0 Å². The Hall–Kier alpha value is -0.830. The van der Waals surface area contributed by atoms with E-state index in [-0.39, 0.29) is 0 Å². The number of hydrogen-bond acceptors (Lipinski definition) is 3. The largest absolute Gasteiger partial charge is 0.352 e. The van der Waals surface area contributed by atoms with E-state index in [4.69, 9.17) is 11.6 Å². The predicted octanol–water partition coefficient (Wildman–Crippen LogP) is 1.73. The molecule has 0 spiro atoms. The molecule has 4 heteroatoms. The molecule has 1 unspecified atom stereocenters. The lowest BCUT2D eigenvalue weighted by Gasteiger charge is -2.39. The second kappa shape index (κ2) is 2.90. The van der Waals surface area contributed by atoms with Crippen LogP contribution in [-0.4, -0.2) is 22.6 Å². The molecule has 1 aromatic rings. The molecule has 64 valence electrons. The fraction of sp³-hybridized carbons (Fsp3) is 0.500. The number of aromatic nitrogens is 2. The van der Waals surface area contributed by atoms with Crippen LogP contribution in [0.25, 0.3) is 0 Å². The zero-order valence-corrected chi connectivity index (χ0v) is 7.62. The van der Waals surface area contributed by atoms with E-state index < -0.39 is 0 Å². The van der Waals surface area contributed by atoms with Crippen molar-refractivity contribution in [1.82, 2.24) is 9.97 Å². The van der Waals surface area contributed by atoms with Gasteiger partial charge in [0.25, 0.3) is 0 Å². The van der Waals surface area contributed by atoms with E-state index in [2.05, 4.69) is 21.8 Å². The quantitative estimate of drug-likeness (QED) is 0.664. The summed E-state index contributed by atoms with van der Waals surface area (Å²) in [5.41, 5.74) is 0. The zero-order chi connectivity index (χ0) is 8.55. The van der Waals surface area contributed by atoms with Crippen molar-refractivity contribution in [3.05, 3.63) is 17.5 Å². The summed E-state index contributed by atoms with van der Waals surface area (Å²) in [4.78, 5) is 10.2. The Labute approximate surface area is 76.4 Å². The standard InChI is InChI=1S/C8H10ClN3/c1-6-2-3-12(6)8-7(9)4-10-5-11-8/h4-6H,2-3H2,1H3. The van der Waals surface area contributed by atoms with E-state index in [1.54, 1.807) is 6.20 Å². The van der Waals surface area contributed by atoms with E-state index in [1.807, 2.05) is 0 Å². The summed E-state index contributed by atoms with van der Waals surface area (Å²) in [6, 6.07) is 0.567. The molecule has 0 amide bonds. The van der Waals surface area contributed by atoms with Crippen LogP contribution in [0.15, 0.2) is 12.5 Å². The van der Waals surface area contributed by atoms with Crippen LogP contribution in [0, 0.1) is 0 Å². The minimum absolute atomic E-state index is 0.567. The Kier molecular flexibility index (Phi) is 1.89. The van der Waals surface area contributed by atoms with Gasteiger partial charge in [-0.3, -0.25) is 0 Å². The minimum atomic E-state index is 0.567. The van der Waals surface area contributed by atoms with Crippen molar-refractivity contribution >= 4 is 17.4 Å². The third-order valence-corrected chi connectivity index (χ3v) is 2.51. The first-order valence-electron chi connectivity index (χ1n) is 4.01. The Balaban J connectivity index is 2.27. The van der Waals surface area contributed by atoms with Gasteiger partial charge in [-0.1, -0.05) is 11.6 Å². The maximum atomic E-state index is 5.93. The van der Waals surface area contributed by atoms with Crippen molar-refractivity contribution in [3.8, 4) is 0 Å². The molecule has 2 heterocycles. The summed E-state index contributed by atoms with van der Waals surface area (Å²) in [6.07, 6.45) is 4.39. The van der Waals surface area contributed by atoms with Crippen LogP contribution in [0.5, 0.6) is 0 Å². The van der Waals surface area contributed by atoms with Crippen LogP contribution in [-0.2, 0) is 0 Å². The Morgan fingerprint density at radius 1 is 1.67 bits per heavy atom. The van der Waals surface area contributed by atoms with Gasteiger partial charge in [-0.2, -0.15) is 0 Å². The highest BCUT2D eigenvalue weighted by molar-refractivity contribution is 6.32. The molecule has 12 heavy (non-hydrogen) atoms. The van der Waals surface area contributed by atoms with Gasteiger partial charge in [-0.15, -0.1) is 0 Å². The van der Waals surface area contributed by atoms with E-state index in [0.717, 1.165) is 12.4 Å². The number of halogens is 1. The number of hydrogen-bond donors (Lipinski definition) is 0. The highest BCUT2D eigenvalue weighted by Crippen LogP contribution is 2.29. The molecule has 0 aromatic carbocycles. The molecular weight excluding hydrogens is 174 g/mol. The van der Waals surface area contributed by atoms with Gasteiger partial charge in [-0.05, 0) is 13.3 Å². The fourth-order valence-corrected chi connectivity index (χ4v) is 1.56. The van der Waals surface area contributed by atoms with Gasteiger partial charge in [0.1, 0.15) is 11.3 Å². The summed E-state index contributed by atoms with van der Waals surface area (Å²) in [5, 5.41) is 0.643. The third kappa shape index (κ3) is 1.14. The molecule has 0 aliphatic carbocycles. The minimum Gasteiger partial charge on any atom is -0.352 e. The first-order valence-corrected chi connectivity index (χ1v) is 4.39. The molecular formula is C8H10ClN3. The van der Waals surface area contributed by atoms with Crippen molar-refractivity contribution in [2.45, 2.75) is 19.4 Å². The molecule has 1 fully saturated rings. The number of nitrogens with zero attached hydrogens (tertiary/aromatic N) is 3. The second-order valence-corrected chi connectivity index (χ2v) is 3.43. The molecule has 2 rings (SSSR count). The van der Waals surface area contributed by atoms with Crippen LogP contribution in [0.1, 0.15) is 13.3 Å². The summed E-state index contributed by atoms with van der Waals surface area (Å²) >= 11 is 5.93. The maximum Gasteiger partial charge on any atom is 0.151 e. The fourth-order valence-electron chi connectivity index (χ4n) is 1.35. The Morgan fingerprint density at radius 3 is 3.00 bits per heavy atom. The predicted molar refractivity (Wildman–Crippen MR) is 48.5 cm³/mol. The maximum absolute atomic E-state index is 5.93. The normalized spacial score (nSPS) is 22.2. The van der Waals surface area contributed by atoms with Crippen LogP contribution in [0.3, 0.4) is 0 Å². The summed E-state index contributed by atoms with van der Waals surface area (Å²) < 4.78 is 0. The highest BCUT2D eigenvalue weighted by Gasteiger charge is 2.26. The molecule has 1 aliphatic rings. The molecule has 0 N–H and O–H groups in total. The summed E-state index contributed by atoms with van der Waals surface area (Å²) in [5.74, 6) is 0.866. The monoisotopic (exact) mass is 183 g/mol. The number of rotatable bonds is 1. The molecule has 0 bridgehead atoms. The SMILES string of the molecule is CC1CCN1c1ncncc1Cl. The summed E-state index contributed by atoms with van der Waals surface area (Å²) in [7, 11) is 0. The van der Waals surface area contributed by atoms with E-state index in [1.165, 1.54) is 12.7 Å². The van der Waals surface area contributed by atoms with Crippen LogP contribution >= 0.6 is 11.6 Å². The topological polar surface area (TPSA) is 29.0 Å². The van der Waals surface area contributed by atoms with Crippen LogP contribution < -0.4 is 4.90 Å². The molecule has 3 nitrogen and oxygen atoms in total. The van der Waals surface area contributed by atoms with Crippen LogP contribution in [0.4, 0.5) is 5.82 Å². The average Bonchev–Trinajstić information content (AvgIpc) is 2.06. The lowest BCUT2D eigenvalue weighted by Crippen LogP contribution is -2.46. The number of anilines is 1. The van der Waals surface area contributed by atoms with Crippen LogP contribution in [0.2, 0.25) is 5.02 Å². The molecule has 0 saturated carbocycles. The summed E-state index contributed by atoms with van der Waals surface area (Å²) in [6.45, 7) is 3.22. The van der Waals surface area contributed by atoms with E-state index in [0.29, 0.717) is 11.1 Å². The lowest BCUT2D eigenvalue weighted by atomic mass is 10.1. The highest BCUT2D eigenvalue weighted by atomic mass is 35.5. The molecule has 1 saturated heterocycles. The smallest absolute Gasteiger partial charge is 0.151 e. The van der Waals surface area contributed by atoms with Gasteiger partial charge >= 0.3 is 0 Å². The van der Waals surface area contributed by atoms with Crippen molar-refractivity contribution in [2.24, 2.45) is 0 Å². The first kappa shape index (κ1) is 7.80. The average molecular weight is 184 g/mol. The van der Waals surface area contributed by atoms with E-state index in [9.17, 15) is 0 Å².